The van der Waals surface area contributed by atoms with Crippen LogP contribution in [-0.4, -0.2) is 29.4 Å². The molecule has 2 N–H and O–H groups in total. The average Bonchev–Trinajstić information content (AvgIpc) is 1.95. The molecule has 64 valence electrons. The van der Waals surface area contributed by atoms with Gasteiger partial charge in [0.1, 0.15) is 0 Å². The molecule has 0 spiro atoms. The van der Waals surface area contributed by atoms with Crippen molar-refractivity contribution < 1.29 is 9.90 Å². The summed E-state index contributed by atoms with van der Waals surface area (Å²) in [6.45, 7) is 0.691. The van der Waals surface area contributed by atoms with Gasteiger partial charge in [0.2, 0.25) is 5.91 Å². The van der Waals surface area contributed by atoms with Gasteiger partial charge in [-0.05, 0) is 18.8 Å². The molecule has 1 fully saturated rings. The van der Waals surface area contributed by atoms with Gasteiger partial charge in [0, 0.05) is 6.54 Å². The minimum atomic E-state index is -0.132. The molecule has 0 bridgehead atoms. The van der Waals surface area contributed by atoms with Crippen LogP contribution < -0.4 is 5.32 Å². The summed E-state index contributed by atoms with van der Waals surface area (Å²) >= 11 is 3.82. The van der Waals surface area contributed by atoms with Crippen LogP contribution in [0.3, 0.4) is 0 Å². The average molecular weight is 175 g/mol. The van der Waals surface area contributed by atoms with Crippen molar-refractivity contribution in [1.82, 2.24) is 5.32 Å². The minimum absolute atomic E-state index is 0.0327. The van der Waals surface area contributed by atoms with Gasteiger partial charge in [-0.25, -0.2) is 0 Å². The highest BCUT2D eigenvalue weighted by Crippen LogP contribution is 2.25. The maximum absolute atomic E-state index is 10.7. The fraction of sp³-hybridized carbons (Fsp3) is 0.857. The second-order valence-electron chi connectivity index (χ2n) is 2.95. The summed E-state index contributed by atoms with van der Waals surface area (Å²) in [5.74, 6) is 0.693. The topological polar surface area (TPSA) is 49.3 Å². The predicted octanol–water partition coefficient (Wildman–Crippen LogP) is -0.197. The Bertz CT molecular complexity index is 145. The van der Waals surface area contributed by atoms with Gasteiger partial charge in [-0.3, -0.25) is 4.79 Å². The third kappa shape index (κ3) is 2.71. The van der Waals surface area contributed by atoms with Crippen molar-refractivity contribution >= 4 is 18.5 Å². The molecule has 1 saturated carbocycles. The van der Waals surface area contributed by atoms with Crippen LogP contribution in [0.25, 0.3) is 0 Å². The summed E-state index contributed by atoms with van der Waals surface area (Å²) in [6.07, 6.45) is 1.52. The fourth-order valence-corrected chi connectivity index (χ4v) is 1.29. The van der Waals surface area contributed by atoms with Crippen LogP contribution in [0.2, 0.25) is 0 Å². The Morgan fingerprint density at radius 3 is 2.73 bits per heavy atom. The van der Waals surface area contributed by atoms with Gasteiger partial charge >= 0.3 is 0 Å². The summed E-state index contributed by atoms with van der Waals surface area (Å²) in [4.78, 5) is 10.7. The molecular weight excluding hydrogens is 162 g/mol. The van der Waals surface area contributed by atoms with Crippen molar-refractivity contribution in [3.63, 3.8) is 0 Å². The van der Waals surface area contributed by atoms with E-state index >= 15 is 0 Å². The van der Waals surface area contributed by atoms with E-state index in [1.807, 2.05) is 0 Å². The van der Waals surface area contributed by atoms with E-state index in [2.05, 4.69) is 17.9 Å². The fourth-order valence-electron chi connectivity index (χ4n) is 1.18. The zero-order chi connectivity index (χ0) is 8.27. The number of hydrogen-bond donors (Lipinski definition) is 3. The number of hydrogen-bond acceptors (Lipinski definition) is 3. The summed E-state index contributed by atoms with van der Waals surface area (Å²) < 4.78 is 0. The molecule has 0 aromatic carbocycles. The lowest BCUT2D eigenvalue weighted by Gasteiger charge is -2.31. The maximum atomic E-state index is 10.7. The molecule has 4 heteroatoms. The van der Waals surface area contributed by atoms with E-state index in [1.165, 1.54) is 0 Å². The molecular formula is C7H13NO2S. The number of rotatable bonds is 3. The summed E-state index contributed by atoms with van der Waals surface area (Å²) in [6, 6.07) is 0. The van der Waals surface area contributed by atoms with E-state index in [0.717, 1.165) is 12.8 Å². The predicted molar refractivity (Wildman–Crippen MR) is 45.6 cm³/mol. The van der Waals surface area contributed by atoms with Crippen molar-refractivity contribution in [3.05, 3.63) is 0 Å². The second kappa shape index (κ2) is 3.97. The van der Waals surface area contributed by atoms with Crippen LogP contribution >= 0.6 is 12.6 Å². The number of carbonyl (C=O) groups excluding carboxylic acids is 1. The van der Waals surface area contributed by atoms with Crippen molar-refractivity contribution in [3.8, 4) is 0 Å². The Kier molecular flexibility index (Phi) is 3.20. The van der Waals surface area contributed by atoms with Crippen molar-refractivity contribution in [2.45, 2.75) is 18.9 Å². The molecule has 1 aliphatic carbocycles. The van der Waals surface area contributed by atoms with Crippen LogP contribution in [0, 0.1) is 5.92 Å². The van der Waals surface area contributed by atoms with E-state index in [9.17, 15) is 4.79 Å². The monoisotopic (exact) mass is 175 g/mol. The Balaban J connectivity index is 2.00. The normalized spacial score (nSPS) is 29.3. The van der Waals surface area contributed by atoms with Crippen LogP contribution in [-0.2, 0) is 4.79 Å². The lowest BCUT2D eigenvalue weighted by atomic mass is 9.82. The first-order valence-corrected chi connectivity index (χ1v) is 4.41. The third-order valence-corrected chi connectivity index (χ3v) is 2.23. The lowest BCUT2D eigenvalue weighted by Crippen LogP contribution is -2.38. The van der Waals surface area contributed by atoms with Gasteiger partial charge < -0.3 is 10.4 Å². The van der Waals surface area contributed by atoms with Gasteiger partial charge in [-0.15, -0.1) is 0 Å². The summed E-state index contributed by atoms with van der Waals surface area (Å²) in [5.41, 5.74) is 0. The van der Waals surface area contributed by atoms with Crippen LogP contribution in [0.1, 0.15) is 12.8 Å². The first kappa shape index (κ1) is 8.87. The van der Waals surface area contributed by atoms with Gasteiger partial charge in [0.25, 0.3) is 0 Å². The number of aliphatic hydroxyl groups is 1. The molecule has 0 saturated heterocycles. The number of nitrogens with one attached hydrogen (secondary N) is 1. The van der Waals surface area contributed by atoms with E-state index < -0.39 is 0 Å². The van der Waals surface area contributed by atoms with Gasteiger partial charge in [-0.1, -0.05) is 0 Å². The molecule has 0 heterocycles. The number of aliphatic hydroxyl groups excluding tert-OH is 1. The first-order valence-electron chi connectivity index (χ1n) is 3.78. The molecule has 11 heavy (non-hydrogen) atoms. The van der Waals surface area contributed by atoms with Gasteiger partial charge in [0.05, 0.1) is 11.9 Å². The van der Waals surface area contributed by atoms with E-state index in [4.69, 9.17) is 5.11 Å². The smallest absolute Gasteiger partial charge is 0.229 e. The van der Waals surface area contributed by atoms with Crippen molar-refractivity contribution in [2.75, 3.05) is 12.3 Å². The van der Waals surface area contributed by atoms with Crippen LogP contribution in [0.4, 0.5) is 0 Å². The molecule has 1 amide bonds. The number of carbonyl (C=O) groups is 1. The SMILES string of the molecule is O=C(CS)NCC1CC(O)C1. The van der Waals surface area contributed by atoms with Crippen LogP contribution in [0.15, 0.2) is 0 Å². The standard InChI is InChI=1S/C7H13NO2S/c9-6-1-5(2-6)3-8-7(10)4-11/h5-6,9,11H,1-4H2,(H,8,10). The molecule has 0 aromatic heterocycles. The summed E-state index contributed by atoms with van der Waals surface area (Å²) in [5, 5.41) is 11.6. The lowest BCUT2D eigenvalue weighted by molar-refractivity contribution is -0.119. The quantitative estimate of drug-likeness (QED) is 0.520. The van der Waals surface area contributed by atoms with Gasteiger partial charge in [-0.2, -0.15) is 12.6 Å². The van der Waals surface area contributed by atoms with Gasteiger partial charge in [0.15, 0.2) is 0 Å². The van der Waals surface area contributed by atoms with E-state index in [-0.39, 0.29) is 17.8 Å². The highest BCUT2D eigenvalue weighted by molar-refractivity contribution is 7.81. The maximum Gasteiger partial charge on any atom is 0.229 e. The minimum Gasteiger partial charge on any atom is -0.393 e. The molecule has 1 aliphatic rings. The zero-order valence-electron chi connectivity index (χ0n) is 6.29. The highest BCUT2D eigenvalue weighted by Gasteiger charge is 2.26. The number of amides is 1. The van der Waals surface area contributed by atoms with Crippen molar-refractivity contribution in [2.24, 2.45) is 5.92 Å². The largest absolute Gasteiger partial charge is 0.393 e. The van der Waals surface area contributed by atoms with Crippen molar-refractivity contribution in [1.29, 1.82) is 0 Å². The molecule has 0 aliphatic heterocycles. The Labute approximate surface area is 71.6 Å². The third-order valence-electron chi connectivity index (χ3n) is 1.94. The molecule has 0 radical (unpaired) electrons. The Morgan fingerprint density at radius 1 is 1.64 bits per heavy atom. The molecule has 1 rings (SSSR count). The molecule has 0 atom stereocenters. The highest BCUT2D eigenvalue weighted by atomic mass is 32.1. The van der Waals surface area contributed by atoms with Crippen LogP contribution in [0.5, 0.6) is 0 Å². The Hall–Kier alpha value is -0.220. The number of thiol groups is 1. The van der Waals surface area contributed by atoms with E-state index in [1.54, 1.807) is 0 Å². The zero-order valence-corrected chi connectivity index (χ0v) is 7.18. The molecule has 0 unspecified atom stereocenters. The summed E-state index contributed by atoms with van der Waals surface area (Å²) in [7, 11) is 0. The Morgan fingerprint density at radius 2 is 2.27 bits per heavy atom. The molecule has 0 aromatic rings. The van der Waals surface area contributed by atoms with E-state index in [0.29, 0.717) is 12.5 Å². The second-order valence-corrected chi connectivity index (χ2v) is 3.27. The first-order chi connectivity index (χ1) is 5.22. The molecule has 3 nitrogen and oxygen atoms in total.